The molecule has 0 radical (unpaired) electrons. The Morgan fingerprint density at radius 2 is 1.76 bits per heavy atom. The second-order valence-corrected chi connectivity index (χ2v) is 4.91. The van der Waals surface area contributed by atoms with Crippen LogP contribution in [0.2, 0.25) is 0 Å². The van der Waals surface area contributed by atoms with Crippen molar-refractivity contribution in [2.24, 2.45) is 0 Å². The first-order chi connectivity index (χ1) is 7.36. The third-order valence-electron chi connectivity index (χ3n) is 2.37. The Morgan fingerprint density at radius 1 is 1.29 bits per heavy atom. The summed E-state index contributed by atoms with van der Waals surface area (Å²) in [4.78, 5) is 0. The molecule has 1 N–H and O–H groups in total. The van der Waals surface area contributed by atoms with Gasteiger partial charge in [-0.3, -0.25) is 0 Å². The van der Waals surface area contributed by atoms with Crippen molar-refractivity contribution in [2.75, 3.05) is 7.11 Å². The van der Waals surface area contributed by atoms with Crippen LogP contribution in [0.3, 0.4) is 0 Å². The minimum atomic E-state index is -4.69. The summed E-state index contributed by atoms with van der Waals surface area (Å²) in [5, 5.41) is 9.30. The number of hydrogen-bond donors (Lipinski definition) is 1. The summed E-state index contributed by atoms with van der Waals surface area (Å²) >= 11 is 0. The van der Waals surface area contributed by atoms with Gasteiger partial charge in [-0.1, -0.05) is 19.1 Å². The molecule has 2 atom stereocenters. The molecule has 5 nitrogen and oxygen atoms in total. The van der Waals surface area contributed by atoms with Crippen molar-refractivity contribution < 1.29 is 52.4 Å². The fourth-order valence-corrected chi connectivity index (χ4v) is 1.98. The number of rotatable bonds is 4. The van der Waals surface area contributed by atoms with Crippen LogP contribution in [0, 0.1) is 0 Å². The zero-order valence-corrected chi connectivity index (χ0v) is 12.8. The van der Waals surface area contributed by atoms with E-state index in [0.29, 0.717) is 11.3 Å². The van der Waals surface area contributed by atoms with Crippen LogP contribution < -0.4 is 34.3 Å². The van der Waals surface area contributed by atoms with Crippen molar-refractivity contribution in [1.29, 1.82) is 0 Å². The minimum absolute atomic E-state index is 0. The van der Waals surface area contributed by atoms with Gasteiger partial charge in [-0.15, -0.1) is 0 Å². The van der Waals surface area contributed by atoms with E-state index in [-0.39, 0.29) is 29.6 Å². The van der Waals surface area contributed by atoms with Crippen molar-refractivity contribution in [3.63, 3.8) is 0 Å². The predicted octanol–water partition coefficient (Wildman–Crippen LogP) is -2.33. The van der Waals surface area contributed by atoms with Crippen LogP contribution in [0.25, 0.3) is 0 Å². The summed E-state index contributed by atoms with van der Waals surface area (Å²) in [6.45, 7) is 1.47. The third kappa shape index (κ3) is 4.57. The first kappa shape index (κ1) is 16.9. The van der Waals surface area contributed by atoms with Crippen LogP contribution in [0.15, 0.2) is 24.3 Å². The first-order valence-electron chi connectivity index (χ1n) is 4.63. The molecule has 1 aromatic carbocycles. The molecule has 0 amide bonds. The molecule has 0 fully saturated rings. The van der Waals surface area contributed by atoms with Crippen molar-refractivity contribution in [2.45, 2.75) is 18.3 Å². The molecule has 1 aromatic rings. The number of hydrogen-bond acceptors (Lipinski definition) is 5. The Kier molecular flexibility index (Phi) is 6.68. The SMILES string of the molecule is COc1ccc(C(C)C(O)S(=O)(=O)[O-])cc1.[Na+]. The van der Waals surface area contributed by atoms with Crippen LogP contribution in [0.4, 0.5) is 0 Å². The zero-order chi connectivity index (χ0) is 12.3. The smallest absolute Gasteiger partial charge is 0.746 e. The molecule has 2 unspecified atom stereocenters. The Morgan fingerprint density at radius 3 is 2.12 bits per heavy atom. The van der Waals surface area contributed by atoms with Gasteiger partial charge in [-0.2, -0.15) is 0 Å². The molecule has 0 bridgehead atoms. The Bertz CT molecular complexity index is 442. The molecule has 0 spiro atoms. The van der Waals surface area contributed by atoms with Crippen LogP contribution in [-0.4, -0.2) is 30.6 Å². The topological polar surface area (TPSA) is 86.7 Å². The average Bonchev–Trinajstić information content (AvgIpc) is 2.26. The average molecular weight is 268 g/mol. The van der Waals surface area contributed by atoms with Gasteiger partial charge in [0, 0.05) is 5.92 Å². The molecule has 0 aliphatic heterocycles. The largest absolute Gasteiger partial charge is 1.00 e. The van der Waals surface area contributed by atoms with Gasteiger partial charge in [0.1, 0.15) is 21.3 Å². The van der Waals surface area contributed by atoms with E-state index in [9.17, 15) is 18.1 Å². The van der Waals surface area contributed by atoms with Gasteiger partial charge in [-0.25, -0.2) is 8.42 Å². The molecule has 17 heavy (non-hydrogen) atoms. The summed E-state index contributed by atoms with van der Waals surface area (Å²) < 4.78 is 36.9. The molecule has 0 aliphatic rings. The van der Waals surface area contributed by atoms with Crippen LogP contribution in [-0.2, 0) is 10.1 Å². The van der Waals surface area contributed by atoms with E-state index in [4.69, 9.17) is 4.74 Å². The van der Waals surface area contributed by atoms with E-state index < -0.39 is 21.5 Å². The third-order valence-corrected chi connectivity index (χ3v) is 3.36. The summed E-state index contributed by atoms with van der Waals surface area (Å²) in [6, 6.07) is 6.49. The van der Waals surface area contributed by atoms with Gasteiger partial charge in [0.2, 0.25) is 0 Å². The molecule has 0 aromatic heterocycles. The second kappa shape index (κ2) is 6.72. The van der Waals surface area contributed by atoms with Crippen LogP contribution in [0.5, 0.6) is 5.75 Å². The maximum absolute atomic E-state index is 10.6. The molecule has 0 heterocycles. The number of benzene rings is 1. The standard InChI is InChI=1S/C10H14O5S.Na/c1-7(10(11)16(12,13)14)8-3-5-9(15-2)6-4-8;/h3-7,10-11H,1-2H3,(H,12,13,14);/q;+1/p-1. The fraction of sp³-hybridized carbons (Fsp3) is 0.400. The van der Waals surface area contributed by atoms with Crippen molar-refractivity contribution in [1.82, 2.24) is 0 Å². The maximum atomic E-state index is 10.6. The predicted molar refractivity (Wildman–Crippen MR) is 57.1 cm³/mol. The maximum Gasteiger partial charge on any atom is 1.00 e. The Balaban J connectivity index is 0.00000256. The van der Waals surface area contributed by atoms with Gasteiger partial charge in [0.15, 0.2) is 0 Å². The molecule has 1 rings (SSSR count). The van der Waals surface area contributed by atoms with Crippen molar-refractivity contribution >= 4 is 10.1 Å². The fourth-order valence-electron chi connectivity index (χ4n) is 1.32. The van der Waals surface area contributed by atoms with Crippen LogP contribution in [0.1, 0.15) is 18.4 Å². The van der Waals surface area contributed by atoms with Gasteiger partial charge in [0.05, 0.1) is 7.11 Å². The molecule has 7 heteroatoms. The molecular weight excluding hydrogens is 255 g/mol. The Hall–Kier alpha value is -0.110. The normalized spacial score (nSPS) is 14.6. The summed E-state index contributed by atoms with van der Waals surface area (Å²) in [5.74, 6) is -0.149. The monoisotopic (exact) mass is 268 g/mol. The van der Waals surface area contributed by atoms with Gasteiger partial charge in [-0.05, 0) is 17.7 Å². The second-order valence-electron chi connectivity index (χ2n) is 3.45. The van der Waals surface area contributed by atoms with E-state index in [1.807, 2.05) is 0 Å². The van der Waals surface area contributed by atoms with Gasteiger partial charge in [0.25, 0.3) is 0 Å². The van der Waals surface area contributed by atoms with E-state index in [2.05, 4.69) is 0 Å². The molecule has 90 valence electrons. The van der Waals surface area contributed by atoms with Crippen molar-refractivity contribution in [3.05, 3.63) is 29.8 Å². The quantitative estimate of drug-likeness (QED) is 0.489. The summed E-state index contributed by atoms with van der Waals surface area (Å²) in [5.41, 5.74) is -1.37. The summed E-state index contributed by atoms with van der Waals surface area (Å²) in [6.07, 6.45) is 0. The van der Waals surface area contributed by atoms with E-state index in [1.54, 1.807) is 24.3 Å². The van der Waals surface area contributed by atoms with Gasteiger partial charge < -0.3 is 14.4 Å². The number of aliphatic hydroxyl groups is 1. The first-order valence-corrected chi connectivity index (χ1v) is 6.10. The molecular formula is C10H13NaO5S. The molecule has 0 saturated heterocycles. The minimum Gasteiger partial charge on any atom is -0.746 e. The van der Waals surface area contributed by atoms with Gasteiger partial charge >= 0.3 is 29.6 Å². The number of ether oxygens (including phenoxy) is 1. The Labute approximate surface area is 123 Å². The number of aliphatic hydroxyl groups excluding tert-OH is 1. The van der Waals surface area contributed by atoms with Crippen molar-refractivity contribution in [3.8, 4) is 5.75 Å². The zero-order valence-electron chi connectivity index (χ0n) is 9.95. The molecule has 0 saturated carbocycles. The molecule has 0 aliphatic carbocycles. The van der Waals surface area contributed by atoms with E-state index >= 15 is 0 Å². The van der Waals surface area contributed by atoms with E-state index in [1.165, 1.54) is 14.0 Å². The summed E-state index contributed by atoms with van der Waals surface area (Å²) in [7, 11) is -3.18. The van der Waals surface area contributed by atoms with Crippen LogP contribution >= 0.6 is 0 Å². The number of methoxy groups -OCH3 is 1. The van der Waals surface area contributed by atoms with E-state index in [0.717, 1.165) is 0 Å².